The fraction of sp³-hybridized carbons (Fsp3) is 0.571. The first kappa shape index (κ1) is 17.1. The van der Waals surface area contributed by atoms with Gasteiger partial charge in [-0.1, -0.05) is 19.1 Å². The van der Waals surface area contributed by atoms with E-state index in [9.17, 15) is 12.8 Å². The summed E-state index contributed by atoms with van der Waals surface area (Å²) in [7, 11) is -1.98. The predicted octanol–water partition coefficient (Wildman–Crippen LogP) is 2.57. The second kappa shape index (κ2) is 7.15. The van der Waals surface area contributed by atoms with E-state index in [-0.39, 0.29) is 18.5 Å². The van der Waals surface area contributed by atoms with E-state index >= 15 is 0 Å². The second-order valence-corrected chi connectivity index (χ2v) is 7.05. The molecule has 20 heavy (non-hydrogen) atoms. The van der Waals surface area contributed by atoms with E-state index in [4.69, 9.17) is 4.74 Å². The third kappa shape index (κ3) is 3.77. The van der Waals surface area contributed by atoms with Gasteiger partial charge in [-0.25, -0.2) is 12.8 Å². The van der Waals surface area contributed by atoms with Crippen molar-refractivity contribution in [1.29, 1.82) is 0 Å². The molecule has 1 aromatic rings. The van der Waals surface area contributed by atoms with Gasteiger partial charge >= 0.3 is 0 Å². The van der Waals surface area contributed by atoms with Crippen molar-refractivity contribution >= 4 is 10.0 Å². The van der Waals surface area contributed by atoms with Gasteiger partial charge in [-0.15, -0.1) is 0 Å². The van der Waals surface area contributed by atoms with Crippen LogP contribution in [0.4, 0.5) is 4.39 Å². The summed E-state index contributed by atoms with van der Waals surface area (Å²) in [6, 6.07) is 5.55. The smallest absolute Gasteiger partial charge is 0.219 e. The van der Waals surface area contributed by atoms with Gasteiger partial charge in [0.25, 0.3) is 0 Å². The highest BCUT2D eigenvalue weighted by atomic mass is 32.2. The molecule has 0 unspecified atom stereocenters. The molecule has 0 N–H and O–H groups in total. The monoisotopic (exact) mass is 303 g/mol. The Morgan fingerprint density at radius 2 is 1.80 bits per heavy atom. The molecule has 4 nitrogen and oxygen atoms in total. The molecule has 2 atom stereocenters. The van der Waals surface area contributed by atoms with Crippen LogP contribution in [-0.2, 0) is 14.8 Å². The maximum absolute atomic E-state index is 12.9. The van der Waals surface area contributed by atoms with Crippen LogP contribution in [0, 0.1) is 5.82 Å². The molecule has 0 aliphatic carbocycles. The normalized spacial score (nSPS) is 15.3. The van der Waals surface area contributed by atoms with Crippen molar-refractivity contribution in [2.24, 2.45) is 0 Å². The van der Waals surface area contributed by atoms with Crippen LogP contribution in [0.1, 0.15) is 32.4 Å². The average Bonchev–Trinajstić information content (AvgIpc) is 2.40. The highest BCUT2D eigenvalue weighted by Crippen LogP contribution is 2.25. The molecule has 0 saturated heterocycles. The van der Waals surface area contributed by atoms with Gasteiger partial charge in [0.1, 0.15) is 5.82 Å². The van der Waals surface area contributed by atoms with Crippen LogP contribution in [0.25, 0.3) is 0 Å². The highest BCUT2D eigenvalue weighted by molar-refractivity contribution is 7.89. The van der Waals surface area contributed by atoms with Gasteiger partial charge in [0.2, 0.25) is 10.0 Å². The van der Waals surface area contributed by atoms with E-state index < -0.39 is 15.3 Å². The van der Waals surface area contributed by atoms with Gasteiger partial charge in [0.15, 0.2) is 0 Å². The molecule has 114 valence electrons. The fourth-order valence-electron chi connectivity index (χ4n) is 2.13. The maximum atomic E-state index is 12.9. The fourth-order valence-corrected chi connectivity index (χ4v) is 3.83. The van der Waals surface area contributed by atoms with Crippen molar-refractivity contribution in [2.45, 2.75) is 32.1 Å². The minimum Gasteiger partial charge on any atom is -0.383 e. The molecular formula is C14H22FNO3S. The molecule has 0 aliphatic rings. The minimum atomic E-state index is -3.46. The van der Waals surface area contributed by atoms with Crippen LogP contribution in [0.5, 0.6) is 0 Å². The molecule has 0 aliphatic heterocycles. The Kier molecular flexibility index (Phi) is 6.10. The van der Waals surface area contributed by atoms with E-state index in [1.165, 1.54) is 23.5 Å². The van der Waals surface area contributed by atoms with Crippen molar-refractivity contribution in [3.8, 4) is 0 Å². The molecular weight excluding hydrogens is 281 g/mol. The zero-order valence-corrected chi connectivity index (χ0v) is 13.2. The summed E-state index contributed by atoms with van der Waals surface area (Å²) in [5, 5.41) is -0.615. The van der Waals surface area contributed by atoms with Crippen molar-refractivity contribution in [3.05, 3.63) is 35.6 Å². The summed E-state index contributed by atoms with van der Waals surface area (Å²) >= 11 is 0. The summed E-state index contributed by atoms with van der Waals surface area (Å²) < 4.78 is 44.3. The molecule has 0 amide bonds. The van der Waals surface area contributed by atoms with E-state index in [0.717, 1.165) is 5.56 Å². The van der Waals surface area contributed by atoms with Crippen molar-refractivity contribution in [1.82, 2.24) is 4.31 Å². The topological polar surface area (TPSA) is 46.6 Å². The van der Waals surface area contributed by atoms with Crippen LogP contribution in [0.3, 0.4) is 0 Å². The summed E-state index contributed by atoms with van der Waals surface area (Å²) in [6.07, 6.45) is 0. The molecule has 0 aromatic heterocycles. The maximum Gasteiger partial charge on any atom is 0.219 e. The molecule has 6 heteroatoms. The molecule has 0 fully saturated rings. The number of benzene rings is 1. The number of nitrogens with zero attached hydrogens (tertiary/aromatic N) is 1. The summed E-state index contributed by atoms with van der Waals surface area (Å²) in [4.78, 5) is 0. The molecule has 0 heterocycles. The standard InChI is InChI=1S/C14H22FNO3S/c1-5-16(20(17,18)11(2)10-19-4)12(3)13-6-8-14(15)9-7-13/h6-9,11-12H,5,10H2,1-4H3/t11-,12+/m0/s1. The van der Waals surface area contributed by atoms with Crippen molar-refractivity contribution in [3.63, 3.8) is 0 Å². The second-order valence-electron chi connectivity index (χ2n) is 4.74. The number of hydrogen-bond acceptors (Lipinski definition) is 3. The Bertz CT molecular complexity index is 516. The van der Waals surface area contributed by atoms with Crippen LogP contribution < -0.4 is 0 Å². The van der Waals surface area contributed by atoms with E-state index in [0.29, 0.717) is 6.54 Å². The van der Waals surface area contributed by atoms with E-state index in [1.807, 2.05) is 0 Å². The molecule has 1 rings (SSSR count). The molecule has 0 spiro atoms. The highest BCUT2D eigenvalue weighted by Gasteiger charge is 2.31. The van der Waals surface area contributed by atoms with E-state index in [2.05, 4.69) is 0 Å². The average molecular weight is 303 g/mol. The lowest BCUT2D eigenvalue weighted by Crippen LogP contribution is -2.40. The number of methoxy groups -OCH3 is 1. The number of halogens is 1. The molecule has 0 saturated carbocycles. The third-order valence-corrected chi connectivity index (χ3v) is 5.71. The van der Waals surface area contributed by atoms with Crippen molar-refractivity contribution in [2.75, 3.05) is 20.3 Å². The van der Waals surface area contributed by atoms with Gasteiger partial charge in [0, 0.05) is 19.7 Å². The van der Waals surface area contributed by atoms with Gasteiger partial charge in [-0.05, 0) is 31.5 Å². The lowest BCUT2D eigenvalue weighted by Gasteiger charge is -2.30. The Morgan fingerprint density at radius 3 is 2.25 bits per heavy atom. The number of ether oxygens (including phenoxy) is 1. The number of sulfonamides is 1. The quantitative estimate of drug-likeness (QED) is 0.778. The Labute approximate surface area is 120 Å². The van der Waals surface area contributed by atoms with Crippen LogP contribution in [-0.4, -0.2) is 38.2 Å². The summed E-state index contributed by atoms with van der Waals surface area (Å²) in [5.74, 6) is -0.334. The van der Waals surface area contributed by atoms with Gasteiger partial charge in [-0.3, -0.25) is 0 Å². The lowest BCUT2D eigenvalue weighted by molar-refractivity contribution is 0.197. The Morgan fingerprint density at radius 1 is 1.25 bits per heavy atom. The molecule has 1 aromatic carbocycles. The first-order valence-electron chi connectivity index (χ1n) is 6.59. The SMILES string of the molecule is CCN([C@H](C)c1ccc(F)cc1)S(=O)(=O)[C@@H](C)COC. The first-order chi connectivity index (χ1) is 9.34. The predicted molar refractivity (Wildman–Crippen MR) is 77.5 cm³/mol. The largest absolute Gasteiger partial charge is 0.383 e. The Hall–Kier alpha value is -0.980. The zero-order valence-electron chi connectivity index (χ0n) is 12.3. The van der Waals surface area contributed by atoms with Gasteiger partial charge < -0.3 is 4.74 Å². The van der Waals surface area contributed by atoms with Crippen LogP contribution in [0.15, 0.2) is 24.3 Å². The van der Waals surface area contributed by atoms with Gasteiger partial charge in [-0.2, -0.15) is 4.31 Å². The van der Waals surface area contributed by atoms with E-state index in [1.54, 1.807) is 32.9 Å². The number of hydrogen-bond donors (Lipinski definition) is 0. The summed E-state index contributed by atoms with van der Waals surface area (Å²) in [5.41, 5.74) is 0.765. The summed E-state index contributed by atoms with van der Waals surface area (Å²) in [6.45, 7) is 5.72. The molecule has 0 bridgehead atoms. The minimum absolute atomic E-state index is 0.148. The van der Waals surface area contributed by atoms with Crippen molar-refractivity contribution < 1.29 is 17.5 Å². The third-order valence-electron chi connectivity index (χ3n) is 3.33. The molecule has 0 radical (unpaired) electrons. The van der Waals surface area contributed by atoms with Gasteiger partial charge in [0.05, 0.1) is 11.9 Å². The lowest BCUT2D eigenvalue weighted by atomic mass is 10.1. The first-order valence-corrected chi connectivity index (χ1v) is 8.10. The van der Waals surface area contributed by atoms with Crippen LogP contribution >= 0.6 is 0 Å². The zero-order chi connectivity index (χ0) is 15.3. The van der Waals surface area contributed by atoms with Crippen LogP contribution in [0.2, 0.25) is 0 Å². The Balaban J connectivity index is 3.03. The number of rotatable bonds is 7.